The standard InChI is InChI=1S/C13H20FN5/c1-11(2)19-13(3-5-16-19)9-15-7-12-8-17-18(10-12)6-4-14/h3,5,8,10-11,15H,4,6-7,9H2,1-2H3. The van der Waals surface area contributed by atoms with E-state index >= 15 is 0 Å². The molecule has 6 heteroatoms. The molecular formula is C13H20FN5. The van der Waals surface area contributed by atoms with Gasteiger partial charge in [-0.15, -0.1) is 0 Å². The molecule has 0 aliphatic rings. The number of aromatic nitrogens is 4. The van der Waals surface area contributed by atoms with Crippen molar-refractivity contribution in [2.75, 3.05) is 6.67 Å². The SMILES string of the molecule is CC(C)n1nccc1CNCc1cnn(CCF)c1. The summed E-state index contributed by atoms with van der Waals surface area (Å²) >= 11 is 0. The molecule has 0 aliphatic heterocycles. The molecule has 19 heavy (non-hydrogen) atoms. The van der Waals surface area contributed by atoms with E-state index in [-0.39, 0.29) is 6.67 Å². The van der Waals surface area contributed by atoms with E-state index in [0.29, 0.717) is 12.6 Å². The van der Waals surface area contributed by atoms with Gasteiger partial charge in [-0.3, -0.25) is 9.36 Å². The lowest BCUT2D eigenvalue weighted by Gasteiger charge is -2.11. The largest absolute Gasteiger partial charge is 0.307 e. The summed E-state index contributed by atoms with van der Waals surface area (Å²) in [5.41, 5.74) is 2.22. The highest BCUT2D eigenvalue weighted by Crippen LogP contribution is 2.07. The summed E-state index contributed by atoms with van der Waals surface area (Å²) in [5.74, 6) is 0. The summed E-state index contributed by atoms with van der Waals surface area (Å²) in [4.78, 5) is 0. The minimum atomic E-state index is -0.387. The molecule has 2 heterocycles. The molecule has 2 rings (SSSR count). The number of aryl methyl sites for hydroxylation is 1. The van der Waals surface area contributed by atoms with Crippen LogP contribution in [0, 0.1) is 0 Å². The van der Waals surface area contributed by atoms with Gasteiger partial charge in [-0.05, 0) is 19.9 Å². The Morgan fingerprint density at radius 2 is 2.16 bits per heavy atom. The van der Waals surface area contributed by atoms with E-state index < -0.39 is 0 Å². The van der Waals surface area contributed by atoms with Crippen molar-refractivity contribution < 1.29 is 4.39 Å². The minimum Gasteiger partial charge on any atom is -0.307 e. The molecule has 0 spiro atoms. The molecular weight excluding hydrogens is 245 g/mol. The van der Waals surface area contributed by atoms with Crippen molar-refractivity contribution in [3.05, 3.63) is 35.9 Å². The molecule has 0 aromatic carbocycles. The molecule has 0 unspecified atom stereocenters. The number of hydrogen-bond donors (Lipinski definition) is 1. The monoisotopic (exact) mass is 265 g/mol. The second kappa shape index (κ2) is 6.47. The maximum absolute atomic E-state index is 12.2. The van der Waals surface area contributed by atoms with E-state index in [1.54, 1.807) is 10.9 Å². The molecule has 5 nitrogen and oxygen atoms in total. The summed E-state index contributed by atoms with van der Waals surface area (Å²) in [7, 11) is 0. The molecule has 0 atom stereocenters. The smallest absolute Gasteiger partial charge is 0.109 e. The van der Waals surface area contributed by atoms with Crippen molar-refractivity contribution in [1.82, 2.24) is 24.9 Å². The number of hydrogen-bond acceptors (Lipinski definition) is 3. The highest BCUT2D eigenvalue weighted by Gasteiger charge is 2.05. The van der Waals surface area contributed by atoms with Crippen LogP contribution in [0.25, 0.3) is 0 Å². The van der Waals surface area contributed by atoms with Gasteiger partial charge in [-0.2, -0.15) is 10.2 Å². The summed E-state index contributed by atoms with van der Waals surface area (Å²) in [5, 5.41) is 11.7. The first-order valence-corrected chi connectivity index (χ1v) is 6.51. The Morgan fingerprint density at radius 3 is 2.89 bits per heavy atom. The Labute approximate surface area is 112 Å². The fourth-order valence-electron chi connectivity index (χ4n) is 1.99. The molecule has 0 bridgehead atoms. The number of halogens is 1. The Bertz CT molecular complexity index is 503. The quantitative estimate of drug-likeness (QED) is 0.832. The molecule has 0 saturated heterocycles. The number of nitrogens with zero attached hydrogens (tertiary/aromatic N) is 4. The number of nitrogens with one attached hydrogen (secondary N) is 1. The van der Waals surface area contributed by atoms with Crippen molar-refractivity contribution in [2.45, 2.75) is 39.5 Å². The maximum atomic E-state index is 12.2. The Kier molecular flexibility index (Phi) is 4.68. The molecule has 0 radical (unpaired) electrons. The lowest BCUT2D eigenvalue weighted by Crippen LogP contribution is -2.17. The third-order valence-corrected chi connectivity index (χ3v) is 2.88. The first kappa shape index (κ1) is 13.7. The van der Waals surface area contributed by atoms with Gasteiger partial charge in [-0.25, -0.2) is 4.39 Å². The lowest BCUT2D eigenvalue weighted by atomic mass is 10.3. The minimum absolute atomic E-state index is 0.320. The van der Waals surface area contributed by atoms with E-state index in [1.165, 1.54) is 0 Å². The fourth-order valence-corrected chi connectivity index (χ4v) is 1.99. The number of alkyl halides is 1. The van der Waals surface area contributed by atoms with E-state index in [4.69, 9.17) is 0 Å². The molecule has 2 aromatic heterocycles. The Hall–Kier alpha value is -1.69. The van der Waals surface area contributed by atoms with Crippen LogP contribution in [0.15, 0.2) is 24.7 Å². The zero-order valence-electron chi connectivity index (χ0n) is 11.4. The second-order valence-electron chi connectivity index (χ2n) is 4.77. The second-order valence-corrected chi connectivity index (χ2v) is 4.77. The van der Waals surface area contributed by atoms with Crippen LogP contribution in [-0.4, -0.2) is 26.2 Å². The first-order valence-electron chi connectivity index (χ1n) is 6.51. The van der Waals surface area contributed by atoms with Crippen molar-refractivity contribution in [1.29, 1.82) is 0 Å². The van der Waals surface area contributed by atoms with E-state index in [0.717, 1.165) is 24.3 Å². The zero-order valence-corrected chi connectivity index (χ0v) is 11.4. The molecule has 0 saturated carbocycles. The molecule has 0 amide bonds. The first-order chi connectivity index (χ1) is 9.20. The van der Waals surface area contributed by atoms with Crippen molar-refractivity contribution in [3.63, 3.8) is 0 Å². The van der Waals surface area contributed by atoms with E-state index in [1.807, 2.05) is 23.1 Å². The highest BCUT2D eigenvalue weighted by atomic mass is 19.1. The van der Waals surface area contributed by atoms with Gasteiger partial charge >= 0.3 is 0 Å². The Morgan fingerprint density at radius 1 is 1.32 bits per heavy atom. The summed E-state index contributed by atoms with van der Waals surface area (Å²) in [6, 6.07) is 2.37. The molecule has 2 aromatic rings. The average molecular weight is 265 g/mol. The van der Waals surface area contributed by atoms with E-state index in [9.17, 15) is 4.39 Å². The normalized spacial score (nSPS) is 11.4. The van der Waals surface area contributed by atoms with Crippen LogP contribution in [0.3, 0.4) is 0 Å². The van der Waals surface area contributed by atoms with Crippen LogP contribution in [-0.2, 0) is 19.6 Å². The van der Waals surface area contributed by atoms with Gasteiger partial charge in [-0.1, -0.05) is 0 Å². The highest BCUT2D eigenvalue weighted by molar-refractivity contribution is 5.05. The molecule has 0 fully saturated rings. The van der Waals surface area contributed by atoms with Crippen molar-refractivity contribution >= 4 is 0 Å². The average Bonchev–Trinajstić information content (AvgIpc) is 2.99. The summed E-state index contributed by atoms with van der Waals surface area (Å²) < 4.78 is 15.8. The Balaban J connectivity index is 1.84. The van der Waals surface area contributed by atoms with Gasteiger partial charge in [0.2, 0.25) is 0 Å². The van der Waals surface area contributed by atoms with Crippen LogP contribution in [0.5, 0.6) is 0 Å². The number of rotatable bonds is 7. The van der Waals surface area contributed by atoms with Gasteiger partial charge < -0.3 is 5.32 Å². The van der Waals surface area contributed by atoms with Gasteiger partial charge in [0.25, 0.3) is 0 Å². The predicted octanol–water partition coefficient (Wildman–Crippen LogP) is 1.92. The van der Waals surface area contributed by atoms with Gasteiger partial charge in [0.05, 0.1) is 18.4 Å². The topological polar surface area (TPSA) is 47.7 Å². The third kappa shape index (κ3) is 3.64. The third-order valence-electron chi connectivity index (χ3n) is 2.88. The lowest BCUT2D eigenvalue weighted by molar-refractivity contribution is 0.427. The maximum Gasteiger partial charge on any atom is 0.109 e. The summed E-state index contributed by atoms with van der Waals surface area (Å²) in [6.45, 7) is 5.62. The van der Waals surface area contributed by atoms with Crippen LogP contribution in [0.2, 0.25) is 0 Å². The summed E-state index contributed by atoms with van der Waals surface area (Å²) in [6.07, 6.45) is 5.45. The van der Waals surface area contributed by atoms with Gasteiger partial charge in [0.1, 0.15) is 6.67 Å². The predicted molar refractivity (Wildman–Crippen MR) is 71.4 cm³/mol. The van der Waals surface area contributed by atoms with Gasteiger partial charge in [0, 0.05) is 37.1 Å². The van der Waals surface area contributed by atoms with E-state index in [2.05, 4.69) is 29.4 Å². The van der Waals surface area contributed by atoms with Gasteiger partial charge in [0.15, 0.2) is 0 Å². The zero-order chi connectivity index (χ0) is 13.7. The van der Waals surface area contributed by atoms with Crippen LogP contribution in [0.4, 0.5) is 4.39 Å². The van der Waals surface area contributed by atoms with Crippen LogP contribution < -0.4 is 5.32 Å². The van der Waals surface area contributed by atoms with Crippen molar-refractivity contribution in [3.8, 4) is 0 Å². The van der Waals surface area contributed by atoms with Crippen LogP contribution in [0.1, 0.15) is 31.1 Å². The molecule has 0 aliphatic carbocycles. The van der Waals surface area contributed by atoms with Crippen molar-refractivity contribution in [2.24, 2.45) is 0 Å². The van der Waals surface area contributed by atoms with Crippen LogP contribution >= 0.6 is 0 Å². The molecule has 1 N–H and O–H groups in total. The molecule has 104 valence electrons. The fraction of sp³-hybridized carbons (Fsp3) is 0.538.